The van der Waals surface area contributed by atoms with Gasteiger partial charge < -0.3 is 10.4 Å². The van der Waals surface area contributed by atoms with Crippen LogP contribution in [0.5, 0.6) is 0 Å². The Morgan fingerprint density at radius 2 is 1.96 bits per heavy atom. The van der Waals surface area contributed by atoms with Crippen molar-refractivity contribution in [2.45, 2.75) is 31.7 Å². The maximum absolute atomic E-state index is 12.8. The summed E-state index contributed by atoms with van der Waals surface area (Å²) in [5, 5.41) is 14.1. The van der Waals surface area contributed by atoms with Gasteiger partial charge in [0, 0.05) is 25.3 Å². The molecule has 0 aliphatic carbocycles. The number of unbranched alkanes of at least 4 members (excludes halogenated alkanes) is 1. The second kappa shape index (κ2) is 7.02. The Bertz CT molecular complexity index is 746. The summed E-state index contributed by atoms with van der Waals surface area (Å²) in [5.74, 6) is -2.07. The van der Waals surface area contributed by atoms with E-state index in [1.165, 1.54) is 0 Å². The van der Waals surface area contributed by atoms with Gasteiger partial charge in [-0.1, -0.05) is 6.07 Å². The van der Waals surface area contributed by atoms with Gasteiger partial charge in [0.15, 0.2) is 0 Å². The molecule has 1 unspecified atom stereocenters. The average Bonchev–Trinajstić information content (AvgIpc) is 2.84. The Morgan fingerprint density at radius 3 is 2.68 bits per heavy atom. The highest BCUT2D eigenvalue weighted by molar-refractivity contribution is 6.25. The van der Waals surface area contributed by atoms with E-state index in [0.29, 0.717) is 18.7 Å². The average molecular weight is 345 g/mol. The number of anilines is 1. The smallest absolute Gasteiger partial charge is 0.264 e. The molecule has 0 radical (unpaired) electrons. The van der Waals surface area contributed by atoms with Gasteiger partial charge in [0.05, 0.1) is 11.1 Å². The number of aliphatic hydroxyl groups is 1. The number of carbonyl (C=O) groups excluding carboxylic acids is 4. The Kier molecular flexibility index (Phi) is 4.80. The first-order chi connectivity index (χ1) is 12.0. The lowest BCUT2D eigenvalue weighted by atomic mass is 10.0. The van der Waals surface area contributed by atoms with Crippen LogP contribution in [0.1, 0.15) is 46.4 Å². The van der Waals surface area contributed by atoms with Crippen LogP contribution >= 0.6 is 0 Å². The molecule has 0 aromatic heterocycles. The summed E-state index contributed by atoms with van der Waals surface area (Å²) in [7, 11) is 0. The van der Waals surface area contributed by atoms with E-state index in [1.54, 1.807) is 18.2 Å². The molecule has 0 saturated carbocycles. The number of hydrogen-bond donors (Lipinski definition) is 3. The summed E-state index contributed by atoms with van der Waals surface area (Å²) < 4.78 is 0. The van der Waals surface area contributed by atoms with Gasteiger partial charge in [-0.15, -0.1) is 0 Å². The molecule has 1 fully saturated rings. The molecule has 132 valence electrons. The number of amides is 4. The maximum atomic E-state index is 12.8. The Balaban J connectivity index is 1.84. The van der Waals surface area contributed by atoms with Crippen LogP contribution in [0.15, 0.2) is 18.2 Å². The van der Waals surface area contributed by atoms with Crippen LogP contribution in [0.3, 0.4) is 0 Å². The zero-order valence-corrected chi connectivity index (χ0v) is 13.6. The fourth-order valence-electron chi connectivity index (χ4n) is 3.12. The second-order valence-corrected chi connectivity index (χ2v) is 6.03. The van der Waals surface area contributed by atoms with Crippen molar-refractivity contribution in [3.05, 3.63) is 29.3 Å². The molecule has 1 aromatic rings. The van der Waals surface area contributed by atoms with E-state index in [-0.39, 0.29) is 30.6 Å². The number of hydrogen-bond acceptors (Lipinski definition) is 6. The second-order valence-electron chi connectivity index (χ2n) is 6.03. The van der Waals surface area contributed by atoms with Gasteiger partial charge in [-0.05, 0) is 31.4 Å². The minimum Gasteiger partial charge on any atom is -0.396 e. The molecule has 8 heteroatoms. The van der Waals surface area contributed by atoms with Gasteiger partial charge >= 0.3 is 0 Å². The molecule has 3 N–H and O–H groups in total. The monoisotopic (exact) mass is 345 g/mol. The molecule has 0 spiro atoms. The summed E-state index contributed by atoms with van der Waals surface area (Å²) >= 11 is 0. The van der Waals surface area contributed by atoms with Crippen molar-refractivity contribution in [1.82, 2.24) is 10.2 Å². The van der Waals surface area contributed by atoms with Crippen molar-refractivity contribution in [2.24, 2.45) is 0 Å². The van der Waals surface area contributed by atoms with E-state index < -0.39 is 29.7 Å². The zero-order chi connectivity index (χ0) is 18.0. The van der Waals surface area contributed by atoms with E-state index in [4.69, 9.17) is 5.11 Å². The zero-order valence-electron chi connectivity index (χ0n) is 13.6. The van der Waals surface area contributed by atoms with E-state index in [0.717, 1.165) is 11.3 Å². The van der Waals surface area contributed by atoms with Crippen LogP contribution in [0.2, 0.25) is 0 Å². The number of carbonyl (C=O) groups is 4. The van der Waals surface area contributed by atoms with Crippen molar-refractivity contribution >= 4 is 29.3 Å². The van der Waals surface area contributed by atoms with Crippen LogP contribution in [0.25, 0.3) is 0 Å². The SMILES string of the molecule is O=C1CCC(N2C(=O)c3cccc(NCCCCO)c3C2=O)C(=O)N1. The van der Waals surface area contributed by atoms with Gasteiger partial charge in [0.25, 0.3) is 11.8 Å². The molecule has 1 aromatic carbocycles. The highest BCUT2D eigenvalue weighted by atomic mass is 16.3. The molecule has 25 heavy (non-hydrogen) atoms. The third kappa shape index (κ3) is 3.12. The molecule has 2 heterocycles. The number of rotatable bonds is 6. The van der Waals surface area contributed by atoms with Gasteiger partial charge in [-0.25, -0.2) is 0 Å². The van der Waals surface area contributed by atoms with Gasteiger partial charge in [-0.3, -0.25) is 29.4 Å². The molecule has 3 rings (SSSR count). The minimum atomic E-state index is -0.965. The van der Waals surface area contributed by atoms with Crippen molar-refractivity contribution < 1.29 is 24.3 Å². The van der Waals surface area contributed by atoms with Crippen molar-refractivity contribution in [3.63, 3.8) is 0 Å². The van der Waals surface area contributed by atoms with Crippen molar-refractivity contribution in [1.29, 1.82) is 0 Å². The summed E-state index contributed by atoms with van der Waals surface area (Å²) in [6.45, 7) is 0.645. The molecule has 1 saturated heterocycles. The molecule has 4 amide bonds. The van der Waals surface area contributed by atoms with Crippen LogP contribution in [0.4, 0.5) is 5.69 Å². The lowest BCUT2D eigenvalue weighted by Crippen LogP contribution is -2.54. The van der Waals surface area contributed by atoms with Gasteiger partial charge in [0.1, 0.15) is 6.04 Å². The molecule has 2 aliphatic heterocycles. The third-order valence-corrected chi connectivity index (χ3v) is 4.37. The highest BCUT2D eigenvalue weighted by Gasteiger charge is 2.45. The first-order valence-corrected chi connectivity index (χ1v) is 8.24. The Hall–Kier alpha value is -2.74. The number of fused-ring (bicyclic) bond motifs is 1. The quantitative estimate of drug-likeness (QED) is 0.503. The minimum absolute atomic E-state index is 0.0925. The summed E-state index contributed by atoms with van der Waals surface area (Å²) in [4.78, 5) is 49.7. The first-order valence-electron chi connectivity index (χ1n) is 8.24. The van der Waals surface area contributed by atoms with Gasteiger partial charge in [0.2, 0.25) is 11.8 Å². The van der Waals surface area contributed by atoms with Crippen LogP contribution in [0, 0.1) is 0 Å². The third-order valence-electron chi connectivity index (χ3n) is 4.37. The standard InChI is InChI=1S/C17H19N3O5/c21-9-2-1-8-18-11-5-3-4-10-14(11)17(25)20(16(10)24)12-6-7-13(22)19-15(12)23/h3-5,12,18,21H,1-2,6-9H2,(H,19,22,23). The topological polar surface area (TPSA) is 116 Å². The number of piperidine rings is 1. The normalized spacial score (nSPS) is 19.9. The fourth-order valence-corrected chi connectivity index (χ4v) is 3.12. The van der Waals surface area contributed by atoms with Crippen LogP contribution in [-0.2, 0) is 9.59 Å². The van der Waals surface area contributed by atoms with E-state index in [1.807, 2.05) is 0 Å². The molecule has 2 aliphatic rings. The summed E-state index contributed by atoms with van der Waals surface area (Å²) in [5.41, 5.74) is 1.03. The summed E-state index contributed by atoms with van der Waals surface area (Å²) in [6, 6.07) is 3.97. The Morgan fingerprint density at radius 1 is 1.16 bits per heavy atom. The van der Waals surface area contributed by atoms with E-state index in [2.05, 4.69) is 10.6 Å². The number of nitrogens with one attached hydrogen (secondary N) is 2. The van der Waals surface area contributed by atoms with E-state index in [9.17, 15) is 19.2 Å². The summed E-state index contributed by atoms with van der Waals surface area (Å²) in [6.07, 6.45) is 1.59. The maximum Gasteiger partial charge on any atom is 0.264 e. The molecule has 0 bridgehead atoms. The van der Waals surface area contributed by atoms with E-state index >= 15 is 0 Å². The number of aliphatic hydroxyl groups excluding tert-OH is 1. The van der Waals surface area contributed by atoms with Crippen LogP contribution < -0.4 is 10.6 Å². The number of imide groups is 2. The Labute approximate surface area is 144 Å². The van der Waals surface area contributed by atoms with Crippen molar-refractivity contribution in [3.8, 4) is 0 Å². The molecule has 1 atom stereocenters. The lowest BCUT2D eigenvalue weighted by molar-refractivity contribution is -0.136. The number of nitrogens with zero attached hydrogens (tertiary/aromatic N) is 1. The largest absolute Gasteiger partial charge is 0.396 e. The number of benzene rings is 1. The van der Waals surface area contributed by atoms with Gasteiger partial charge in [-0.2, -0.15) is 0 Å². The van der Waals surface area contributed by atoms with Crippen molar-refractivity contribution in [2.75, 3.05) is 18.5 Å². The highest BCUT2D eigenvalue weighted by Crippen LogP contribution is 2.32. The predicted molar refractivity (Wildman–Crippen MR) is 87.9 cm³/mol. The fraction of sp³-hybridized carbons (Fsp3) is 0.412. The molecule has 8 nitrogen and oxygen atoms in total. The first kappa shape index (κ1) is 17.1. The van der Waals surface area contributed by atoms with Crippen LogP contribution in [-0.4, -0.2) is 52.8 Å². The predicted octanol–water partition coefficient (Wildman–Crippen LogP) is 0.272. The lowest BCUT2D eigenvalue weighted by Gasteiger charge is -2.27. The molecular weight excluding hydrogens is 326 g/mol. The molecular formula is C17H19N3O5.